The SMILES string of the molecule is Cc1ccc(CC(=O)Nc2ccccc2Cl)cc1. The third-order valence-electron chi connectivity index (χ3n) is 2.63. The number of carbonyl (C=O) groups is 1. The van der Waals surface area contributed by atoms with Crippen LogP contribution in [0.5, 0.6) is 0 Å². The highest BCUT2D eigenvalue weighted by Gasteiger charge is 2.06. The van der Waals surface area contributed by atoms with E-state index in [4.69, 9.17) is 11.6 Å². The third-order valence-corrected chi connectivity index (χ3v) is 2.96. The highest BCUT2D eigenvalue weighted by molar-refractivity contribution is 6.33. The molecule has 0 saturated carbocycles. The normalized spacial score (nSPS) is 10.1. The van der Waals surface area contributed by atoms with Crippen molar-refractivity contribution in [2.75, 3.05) is 5.32 Å². The van der Waals surface area contributed by atoms with Gasteiger partial charge in [0.25, 0.3) is 0 Å². The van der Waals surface area contributed by atoms with E-state index in [9.17, 15) is 4.79 Å². The summed E-state index contributed by atoms with van der Waals surface area (Å²) in [5, 5.41) is 3.35. The number of anilines is 1. The number of carbonyl (C=O) groups excluding carboxylic acids is 1. The van der Waals surface area contributed by atoms with Crippen molar-refractivity contribution in [3.8, 4) is 0 Å². The van der Waals surface area contributed by atoms with Crippen LogP contribution in [0.4, 0.5) is 5.69 Å². The molecule has 1 N–H and O–H groups in total. The Morgan fingerprint density at radius 2 is 1.78 bits per heavy atom. The van der Waals surface area contributed by atoms with Crippen molar-refractivity contribution in [1.82, 2.24) is 0 Å². The molecule has 92 valence electrons. The second-order valence-electron chi connectivity index (χ2n) is 4.19. The smallest absolute Gasteiger partial charge is 0.228 e. The number of rotatable bonds is 3. The van der Waals surface area contributed by atoms with Gasteiger partial charge in [-0.3, -0.25) is 4.79 Å². The third kappa shape index (κ3) is 3.34. The van der Waals surface area contributed by atoms with E-state index in [0.717, 1.165) is 5.56 Å². The summed E-state index contributed by atoms with van der Waals surface area (Å²) in [7, 11) is 0. The standard InChI is InChI=1S/C15H14ClNO/c1-11-6-8-12(9-7-11)10-15(18)17-14-5-3-2-4-13(14)16/h2-9H,10H2,1H3,(H,17,18). The van der Waals surface area contributed by atoms with E-state index in [1.165, 1.54) is 5.56 Å². The first-order chi connectivity index (χ1) is 8.65. The minimum absolute atomic E-state index is 0.0630. The Morgan fingerprint density at radius 3 is 2.44 bits per heavy atom. The summed E-state index contributed by atoms with van der Waals surface area (Å²) in [6.45, 7) is 2.02. The van der Waals surface area contributed by atoms with Crippen molar-refractivity contribution < 1.29 is 4.79 Å². The number of nitrogens with one attached hydrogen (secondary N) is 1. The second-order valence-corrected chi connectivity index (χ2v) is 4.60. The average Bonchev–Trinajstić information content (AvgIpc) is 2.35. The number of aryl methyl sites for hydroxylation is 1. The Hall–Kier alpha value is -1.80. The van der Waals surface area contributed by atoms with Crippen molar-refractivity contribution in [3.05, 3.63) is 64.7 Å². The van der Waals surface area contributed by atoms with Gasteiger partial charge in [0.2, 0.25) is 5.91 Å². The molecular formula is C15H14ClNO. The largest absolute Gasteiger partial charge is 0.324 e. The number of amides is 1. The molecule has 3 heteroatoms. The maximum absolute atomic E-state index is 11.8. The fourth-order valence-corrected chi connectivity index (χ4v) is 1.83. The molecule has 0 fully saturated rings. The lowest BCUT2D eigenvalue weighted by molar-refractivity contribution is -0.115. The van der Waals surface area contributed by atoms with Gasteiger partial charge in [0.05, 0.1) is 17.1 Å². The molecule has 2 nitrogen and oxygen atoms in total. The minimum Gasteiger partial charge on any atom is -0.324 e. The van der Waals surface area contributed by atoms with E-state index in [1.54, 1.807) is 12.1 Å². The van der Waals surface area contributed by atoms with Gasteiger partial charge < -0.3 is 5.32 Å². The lowest BCUT2D eigenvalue weighted by Gasteiger charge is -2.07. The van der Waals surface area contributed by atoms with Crippen LogP contribution in [0.2, 0.25) is 5.02 Å². The first-order valence-electron chi connectivity index (χ1n) is 5.75. The summed E-state index contributed by atoms with van der Waals surface area (Å²) in [5.41, 5.74) is 2.83. The van der Waals surface area contributed by atoms with E-state index in [1.807, 2.05) is 43.3 Å². The minimum atomic E-state index is -0.0630. The van der Waals surface area contributed by atoms with Crippen LogP contribution in [-0.4, -0.2) is 5.91 Å². The van der Waals surface area contributed by atoms with Crippen molar-refractivity contribution in [2.45, 2.75) is 13.3 Å². The van der Waals surface area contributed by atoms with E-state index in [-0.39, 0.29) is 5.91 Å². The van der Waals surface area contributed by atoms with Crippen LogP contribution in [0, 0.1) is 6.92 Å². The molecule has 0 heterocycles. The summed E-state index contributed by atoms with van der Waals surface area (Å²) in [6, 6.07) is 15.1. The quantitative estimate of drug-likeness (QED) is 0.892. The Morgan fingerprint density at radius 1 is 1.11 bits per heavy atom. The van der Waals surface area contributed by atoms with Gasteiger partial charge in [-0.2, -0.15) is 0 Å². The van der Waals surface area contributed by atoms with Gasteiger partial charge in [-0.05, 0) is 24.6 Å². The summed E-state index contributed by atoms with van der Waals surface area (Å²) in [4.78, 5) is 11.8. The summed E-state index contributed by atoms with van der Waals surface area (Å²) >= 11 is 5.98. The summed E-state index contributed by atoms with van der Waals surface area (Å²) < 4.78 is 0. The second kappa shape index (κ2) is 5.69. The van der Waals surface area contributed by atoms with Crippen LogP contribution in [0.25, 0.3) is 0 Å². The zero-order valence-corrected chi connectivity index (χ0v) is 10.9. The molecule has 0 bridgehead atoms. The lowest BCUT2D eigenvalue weighted by atomic mass is 10.1. The number of hydrogen-bond acceptors (Lipinski definition) is 1. The van der Waals surface area contributed by atoms with Gasteiger partial charge in [-0.25, -0.2) is 0 Å². The van der Waals surface area contributed by atoms with E-state index in [2.05, 4.69) is 5.32 Å². The van der Waals surface area contributed by atoms with Crippen molar-refractivity contribution in [3.63, 3.8) is 0 Å². The van der Waals surface area contributed by atoms with Gasteiger partial charge in [0.1, 0.15) is 0 Å². The molecule has 0 aliphatic rings. The van der Waals surface area contributed by atoms with Gasteiger partial charge >= 0.3 is 0 Å². The molecule has 0 aliphatic heterocycles. The van der Waals surface area contributed by atoms with E-state index in [0.29, 0.717) is 17.1 Å². The molecule has 18 heavy (non-hydrogen) atoms. The molecular weight excluding hydrogens is 246 g/mol. The van der Waals surface area contributed by atoms with Crippen LogP contribution >= 0.6 is 11.6 Å². The Labute approximate surface area is 112 Å². The van der Waals surface area contributed by atoms with Crippen molar-refractivity contribution in [1.29, 1.82) is 0 Å². The Bertz CT molecular complexity index is 549. The predicted molar refractivity (Wildman–Crippen MR) is 75.0 cm³/mol. The number of hydrogen-bond donors (Lipinski definition) is 1. The maximum Gasteiger partial charge on any atom is 0.228 e. The Balaban J connectivity index is 2.01. The van der Waals surface area contributed by atoms with Crippen LogP contribution in [0.3, 0.4) is 0 Å². The number of para-hydroxylation sites is 1. The van der Waals surface area contributed by atoms with Crippen molar-refractivity contribution >= 4 is 23.2 Å². The molecule has 2 rings (SSSR count). The molecule has 0 aliphatic carbocycles. The monoisotopic (exact) mass is 259 g/mol. The molecule has 0 saturated heterocycles. The van der Waals surface area contributed by atoms with Crippen LogP contribution in [0.1, 0.15) is 11.1 Å². The maximum atomic E-state index is 11.8. The molecule has 0 radical (unpaired) electrons. The predicted octanol–water partition coefficient (Wildman–Crippen LogP) is 3.83. The zero-order chi connectivity index (χ0) is 13.0. The highest BCUT2D eigenvalue weighted by atomic mass is 35.5. The van der Waals surface area contributed by atoms with Crippen molar-refractivity contribution in [2.24, 2.45) is 0 Å². The Kier molecular flexibility index (Phi) is 4.00. The molecule has 0 aromatic heterocycles. The molecule has 0 spiro atoms. The first-order valence-corrected chi connectivity index (χ1v) is 6.13. The highest BCUT2D eigenvalue weighted by Crippen LogP contribution is 2.20. The average molecular weight is 260 g/mol. The van der Waals surface area contributed by atoms with Gasteiger partial charge in [-0.1, -0.05) is 53.6 Å². The summed E-state index contributed by atoms with van der Waals surface area (Å²) in [6.07, 6.45) is 0.353. The topological polar surface area (TPSA) is 29.1 Å². The molecule has 0 unspecified atom stereocenters. The molecule has 2 aromatic carbocycles. The van der Waals surface area contributed by atoms with Gasteiger partial charge in [0.15, 0.2) is 0 Å². The van der Waals surface area contributed by atoms with E-state index >= 15 is 0 Å². The van der Waals surface area contributed by atoms with E-state index < -0.39 is 0 Å². The zero-order valence-electron chi connectivity index (χ0n) is 10.1. The first kappa shape index (κ1) is 12.7. The van der Waals surface area contributed by atoms with Crippen LogP contribution in [-0.2, 0) is 11.2 Å². The number of halogens is 1. The molecule has 0 atom stereocenters. The van der Waals surface area contributed by atoms with Crippen LogP contribution < -0.4 is 5.32 Å². The molecule has 1 amide bonds. The van der Waals surface area contributed by atoms with Gasteiger partial charge in [-0.15, -0.1) is 0 Å². The fourth-order valence-electron chi connectivity index (χ4n) is 1.65. The number of benzene rings is 2. The summed E-state index contributed by atoms with van der Waals surface area (Å²) in [5.74, 6) is -0.0630. The lowest BCUT2D eigenvalue weighted by Crippen LogP contribution is -2.14. The fraction of sp³-hybridized carbons (Fsp3) is 0.133. The van der Waals surface area contributed by atoms with Crippen LogP contribution in [0.15, 0.2) is 48.5 Å². The molecule has 2 aromatic rings. The van der Waals surface area contributed by atoms with Gasteiger partial charge in [0, 0.05) is 0 Å².